The summed E-state index contributed by atoms with van der Waals surface area (Å²) >= 11 is 5.73. The molecule has 84 valence electrons. The van der Waals surface area contributed by atoms with Crippen LogP contribution in [0.4, 0.5) is 10.1 Å². The number of nitrogens with one attached hydrogen (secondary N) is 2. The van der Waals surface area contributed by atoms with E-state index in [9.17, 15) is 4.39 Å². The molecule has 0 amide bonds. The van der Waals surface area contributed by atoms with E-state index >= 15 is 0 Å². The van der Waals surface area contributed by atoms with Crippen molar-refractivity contribution in [1.29, 1.82) is 0 Å². The predicted octanol–water partition coefficient (Wildman–Crippen LogP) is 3.22. The smallest absolute Gasteiger partial charge is 0.141 e. The Morgan fingerprint density at radius 3 is 2.81 bits per heavy atom. The molecule has 2 N–H and O–H groups in total. The van der Waals surface area contributed by atoms with Crippen LogP contribution >= 0.6 is 11.6 Å². The highest BCUT2D eigenvalue weighted by Crippen LogP contribution is 2.30. The first kappa shape index (κ1) is 11.0. The van der Waals surface area contributed by atoms with Gasteiger partial charge in [0.2, 0.25) is 0 Å². The highest BCUT2D eigenvalue weighted by atomic mass is 35.5. The molecule has 0 radical (unpaired) electrons. The molecule has 0 saturated heterocycles. The highest BCUT2D eigenvalue weighted by Gasteiger charge is 2.12. The first-order valence-corrected chi connectivity index (χ1v) is 5.19. The summed E-state index contributed by atoms with van der Waals surface area (Å²) in [5.41, 5.74) is 3.34. The van der Waals surface area contributed by atoms with Gasteiger partial charge in [0.1, 0.15) is 11.5 Å². The Labute approximate surface area is 97.6 Å². The molecule has 0 bridgehead atoms. The van der Waals surface area contributed by atoms with Crippen LogP contribution in [0.5, 0.6) is 0 Å². The number of aromatic amines is 1. The summed E-state index contributed by atoms with van der Waals surface area (Å²) in [7, 11) is 1.81. The summed E-state index contributed by atoms with van der Waals surface area (Å²) in [6.45, 7) is 1.91. The third-order valence-electron chi connectivity index (χ3n) is 2.39. The fraction of sp³-hybridized carbons (Fsp3) is 0.182. The lowest BCUT2D eigenvalue weighted by Gasteiger charge is -2.03. The van der Waals surface area contributed by atoms with Crippen LogP contribution in [-0.4, -0.2) is 17.2 Å². The van der Waals surface area contributed by atoms with E-state index in [0.717, 1.165) is 22.6 Å². The predicted molar refractivity (Wildman–Crippen MR) is 63.3 cm³/mol. The fourth-order valence-electron chi connectivity index (χ4n) is 1.59. The van der Waals surface area contributed by atoms with Crippen molar-refractivity contribution < 1.29 is 4.39 Å². The third-order valence-corrected chi connectivity index (χ3v) is 2.68. The summed E-state index contributed by atoms with van der Waals surface area (Å²) < 4.78 is 13.0. The lowest BCUT2D eigenvalue weighted by Crippen LogP contribution is -1.91. The number of aromatic nitrogens is 2. The average Bonchev–Trinajstić information content (AvgIpc) is 2.63. The third kappa shape index (κ3) is 1.76. The molecule has 0 aliphatic heterocycles. The van der Waals surface area contributed by atoms with Crippen LogP contribution in [0.2, 0.25) is 5.02 Å². The number of H-pyrrole nitrogens is 1. The quantitative estimate of drug-likeness (QED) is 0.845. The summed E-state index contributed by atoms with van der Waals surface area (Å²) in [4.78, 5) is 0. The van der Waals surface area contributed by atoms with Crippen molar-refractivity contribution in [3.63, 3.8) is 0 Å². The molecule has 1 aromatic heterocycles. The average molecular weight is 240 g/mol. The second-order valence-corrected chi connectivity index (χ2v) is 3.86. The minimum atomic E-state index is -0.427. The van der Waals surface area contributed by atoms with Crippen molar-refractivity contribution in [3.8, 4) is 11.3 Å². The van der Waals surface area contributed by atoms with E-state index in [2.05, 4.69) is 15.5 Å². The van der Waals surface area contributed by atoms with Gasteiger partial charge in [0, 0.05) is 12.6 Å². The fourth-order valence-corrected chi connectivity index (χ4v) is 1.77. The number of aryl methyl sites for hydroxylation is 1. The molecular weight excluding hydrogens is 229 g/mol. The Hall–Kier alpha value is -1.55. The van der Waals surface area contributed by atoms with Crippen molar-refractivity contribution >= 4 is 17.3 Å². The first-order valence-electron chi connectivity index (χ1n) is 4.81. The second kappa shape index (κ2) is 4.14. The zero-order valence-corrected chi connectivity index (χ0v) is 9.69. The van der Waals surface area contributed by atoms with Crippen LogP contribution in [0, 0.1) is 12.7 Å². The van der Waals surface area contributed by atoms with E-state index in [-0.39, 0.29) is 5.02 Å². The number of benzene rings is 1. The minimum absolute atomic E-state index is 0.0974. The van der Waals surface area contributed by atoms with E-state index in [1.165, 1.54) is 6.07 Å². The van der Waals surface area contributed by atoms with Crippen LogP contribution < -0.4 is 5.32 Å². The van der Waals surface area contributed by atoms with E-state index in [0.29, 0.717) is 0 Å². The Morgan fingerprint density at radius 1 is 1.44 bits per heavy atom. The molecule has 0 atom stereocenters. The van der Waals surface area contributed by atoms with Gasteiger partial charge in [-0.1, -0.05) is 11.6 Å². The number of hydrogen-bond acceptors (Lipinski definition) is 2. The van der Waals surface area contributed by atoms with Gasteiger partial charge in [-0.3, -0.25) is 5.10 Å². The van der Waals surface area contributed by atoms with Crippen molar-refractivity contribution in [1.82, 2.24) is 10.2 Å². The Bertz CT molecular complexity index is 522. The largest absolute Gasteiger partial charge is 0.385 e. The summed E-state index contributed by atoms with van der Waals surface area (Å²) in [6, 6.07) is 4.55. The Balaban J connectivity index is 2.54. The van der Waals surface area contributed by atoms with Crippen LogP contribution in [0.15, 0.2) is 18.2 Å². The highest BCUT2D eigenvalue weighted by molar-refractivity contribution is 6.31. The SMILES string of the molecule is CNc1c(-c2ccc(F)c(Cl)c2)n[nH]c1C. The second-order valence-electron chi connectivity index (χ2n) is 3.45. The lowest BCUT2D eigenvalue weighted by molar-refractivity contribution is 0.628. The van der Waals surface area contributed by atoms with Gasteiger partial charge in [0.25, 0.3) is 0 Å². The maximum absolute atomic E-state index is 13.0. The van der Waals surface area contributed by atoms with Gasteiger partial charge in [-0.05, 0) is 25.1 Å². The van der Waals surface area contributed by atoms with E-state index in [1.807, 2.05) is 14.0 Å². The molecule has 0 saturated carbocycles. The first-order chi connectivity index (χ1) is 7.63. The van der Waals surface area contributed by atoms with E-state index < -0.39 is 5.82 Å². The zero-order chi connectivity index (χ0) is 11.7. The van der Waals surface area contributed by atoms with Crippen molar-refractivity contribution in [3.05, 3.63) is 34.7 Å². The summed E-state index contributed by atoms with van der Waals surface area (Å²) in [5, 5.41) is 10.2. The molecule has 16 heavy (non-hydrogen) atoms. The molecule has 1 heterocycles. The van der Waals surface area contributed by atoms with Gasteiger partial charge in [-0.25, -0.2) is 4.39 Å². The van der Waals surface area contributed by atoms with Gasteiger partial charge >= 0.3 is 0 Å². The normalized spacial score (nSPS) is 10.5. The Kier molecular flexibility index (Phi) is 2.83. The van der Waals surface area contributed by atoms with Crippen molar-refractivity contribution in [2.75, 3.05) is 12.4 Å². The molecule has 5 heteroatoms. The number of halogens is 2. The minimum Gasteiger partial charge on any atom is -0.385 e. The van der Waals surface area contributed by atoms with Gasteiger partial charge in [0.05, 0.1) is 16.4 Å². The maximum atomic E-state index is 13.0. The molecule has 2 rings (SSSR count). The Morgan fingerprint density at radius 2 is 2.19 bits per heavy atom. The topological polar surface area (TPSA) is 40.7 Å². The van der Waals surface area contributed by atoms with Crippen LogP contribution in [-0.2, 0) is 0 Å². The molecule has 2 aromatic rings. The molecule has 0 unspecified atom stereocenters. The lowest BCUT2D eigenvalue weighted by atomic mass is 10.1. The van der Waals surface area contributed by atoms with Crippen LogP contribution in [0.1, 0.15) is 5.69 Å². The monoisotopic (exact) mass is 239 g/mol. The van der Waals surface area contributed by atoms with E-state index in [4.69, 9.17) is 11.6 Å². The van der Waals surface area contributed by atoms with Gasteiger partial charge in [0.15, 0.2) is 0 Å². The van der Waals surface area contributed by atoms with Crippen molar-refractivity contribution in [2.24, 2.45) is 0 Å². The van der Waals surface area contributed by atoms with Crippen LogP contribution in [0.25, 0.3) is 11.3 Å². The van der Waals surface area contributed by atoms with Crippen LogP contribution in [0.3, 0.4) is 0 Å². The molecule has 0 fully saturated rings. The maximum Gasteiger partial charge on any atom is 0.141 e. The molecule has 3 nitrogen and oxygen atoms in total. The summed E-state index contributed by atoms with van der Waals surface area (Å²) in [5.74, 6) is -0.427. The summed E-state index contributed by atoms with van der Waals surface area (Å²) in [6.07, 6.45) is 0. The molecule has 0 aliphatic carbocycles. The van der Waals surface area contributed by atoms with Gasteiger partial charge in [-0.2, -0.15) is 5.10 Å². The van der Waals surface area contributed by atoms with E-state index in [1.54, 1.807) is 12.1 Å². The molecule has 0 spiro atoms. The number of anilines is 1. The molecular formula is C11H11ClFN3. The molecule has 0 aliphatic rings. The van der Waals surface area contributed by atoms with Crippen molar-refractivity contribution in [2.45, 2.75) is 6.92 Å². The molecule has 1 aromatic carbocycles. The number of rotatable bonds is 2. The zero-order valence-electron chi connectivity index (χ0n) is 8.94. The van der Waals surface area contributed by atoms with Gasteiger partial charge < -0.3 is 5.32 Å². The number of nitrogens with zero attached hydrogens (tertiary/aromatic N) is 1. The number of hydrogen-bond donors (Lipinski definition) is 2. The van der Waals surface area contributed by atoms with Gasteiger partial charge in [-0.15, -0.1) is 0 Å². The standard InChI is InChI=1S/C11H11ClFN3/c1-6-10(14-2)11(16-15-6)7-3-4-9(13)8(12)5-7/h3-5,14H,1-2H3,(H,15,16).